The summed E-state index contributed by atoms with van der Waals surface area (Å²) < 4.78 is 67.0. The van der Waals surface area contributed by atoms with Gasteiger partial charge in [0.05, 0.1) is 22.6 Å². The molecule has 5 rings (SSSR count). The van der Waals surface area contributed by atoms with Crippen LogP contribution in [0.4, 0.5) is 17.1 Å². The number of benzene rings is 2. The van der Waals surface area contributed by atoms with Crippen LogP contribution in [0.5, 0.6) is 0 Å². The normalized spacial score (nSPS) is 20.2. The summed E-state index contributed by atoms with van der Waals surface area (Å²) in [7, 11) is -8.16. The summed E-state index contributed by atoms with van der Waals surface area (Å²) in [5, 5.41) is 0. The predicted molar refractivity (Wildman–Crippen MR) is 195 cm³/mol. The molecule has 48 heavy (non-hydrogen) atoms. The number of anilines is 1. The summed E-state index contributed by atoms with van der Waals surface area (Å²) in [6.45, 7) is 18.1. The Labute approximate surface area is 286 Å². The summed E-state index contributed by atoms with van der Waals surface area (Å²) in [6, 6.07) is 10.3. The second-order valence-corrected chi connectivity index (χ2v) is 17.8. The number of hydrogen-bond donors (Lipinski definition) is 2. The van der Waals surface area contributed by atoms with Crippen LogP contribution >= 0.6 is 0 Å². The maximum atomic E-state index is 11.6. The van der Waals surface area contributed by atoms with Gasteiger partial charge < -0.3 is 4.90 Å². The summed E-state index contributed by atoms with van der Waals surface area (Å²) in [5.74, 6) is -0.628. The van der Waals surface area contributed by atoms with Crippen molar-refractivity contribution in [3.8, 4) is 0 Å². The average Bonchev–Trinajstić information content (AvgIpc) is 3.41. The van der Waals surface area contributed by atoms with E-state index >= 15 is 0 Å². The molecule has 3 heterocycles. The van der Waals surface area contributed by atoms with E-state index in [4.69, 9.17) is 4.99 Å². The molecular formula is C37H48N3O6S2+. The highest BCUT2D eigenvalue weighted by molar-refractivity contribution is 7.86. The van der Waals surface area contributed by atoms with Crippen molar-refractivity contribution < 1.29 is 30.5 Å². The third kappa shape index (κ3) is 6.62. The van der Waals surface area contributed by atoms with E-state index in [0.29, 0.717) is 13.1 Å². The molecule has 0 atom stereocenters. The van der Waals surface area contributed by atoms with Gasteiger partial charge in [-0.3, -0.25) is 14.1 Å². The summed E-state index contributed by atoms with van der Waals surface area (Å²) in [6.07, 6.45) is 10.6. The van der Waals surface area contributed by atoms with E-state index in [2.05, 4.69) is 89.2 Å². The van der Waals surface area contributed by atoms with Gasteiger partial charge in [0.2, 0.25) is 5.69 Å². The molecule has 0 bridgehead atoms. The van der Waals surface area contributed by atoms with E-state index in [9.17, 15) is 25.9 Å². The highest BCUT2D eigenvalue weighted by Gasteiger charge is 2.47. The monoisotopic (exact) mass is 694 g/mol. The minimum atomic E-state index is -4.10. The number of aliphatic imine (C=N–C) groups is 1. The first kappa shape index (κ1) is 35.9. The summed E-state index contributed by atoms with van der Waals surface area (Å²) >= 11 is 0. The molecule has 2 aromatic carbocycles. The molecule has 258 valence electrons. The molecule has 2 aromatic rings. The highest BCUT2D eigenvalue weighted by Crippen LogP contribution is 2.57. The number of hydrogen-bond acceptors (Lipinski definition) is 6. The first-order valence-corrected chi connectivity index (χ1v) is 19.6. The Kier molecular flexibility index (Phi) is 9.35. The van der Waals surface area contributed by atoms with Crippen molar-refractivity contribution >= 4 is 48.7 Å². The first-order valence-electron chi connectivity index (χ1n) is 16.4. The fourth-order valence-corrected chi connectivity index (χ4v) is 8.67. The van der Waals surface area contributed by atoms with Crippen molar-refractivity contribution in [1.29, 1.82) is 0 Å². The Bertz CT molecular complexity index is 2030. The van der Waals surface area contributed by atoms with Crippen LogP contribution in [0.2, 0.25) is 0 Å². The van der Waals surface area contributed by atoms with Gasteiger partial charge in [0.15, 0.2) is 5.71 Å². The minimum Gasteiger partial charge on any atom is -0.344 e. The molecule has 0 fully saturated rings. The molecule has 0 saturated carbocycles. The summed E-state index contributed by atoms with van der Waals surface area (Å²) in [4.78, 5) is 7.26. The maximum absolute atomic E-state index is 11.6. The number of rotatable bonds is 11. The zero-order chi connectivity index (χ0) is 35.4. The second-order valence-electron chi connectivity index (χ2n) is 14.7. The van der Waals surface area contributed by atoms with Crippen molar-refractivity contribution in [2.75, 3.05) is 29.5 Å². The van der Waals surface area contributed by atoms with Crippen molar-refractivity contribution in [2.24, 2.45) is 4.99 Å². The lowest BCUT2D eigenvalue weighted by Gasteiger charge is -2.27. The fraction of sp³-hybridized carbons (Fsp3) is 0.459. The van der Waals surface area contributed by atoms with Crippen molar-refractivity contribution in [2.45, 2.75) is 84.5 Å². The van der Waals surface area contributed by atoms with Crippen LogP contribution < -0.4 is 4.90 Å². The lowest BCUT2D eigenvalue weighted by atomic mass is 9.75. The Balaban J connectivity index is 1.51. The van der Waals surface area contributed by atoms with Crippen LogP contribution in [0.3, 0.4) is 0 Å². The number of nitrogens with zero attached hydrogens (tertiary/aromatic N) is 3. The molecule has 0 saturated heterocycles. The largest absolute Gasteiger partial charge is 0.344 e. The molecule has 3 aliphatic rings. The molecule has 0 unspecified atom stereocenters. The Morgan fingerprint density at radius 1 is 0.833 bits per heavy atom. The van der Waals surface area contributed by atoms with E-state index in [1.165, 1.54) is 5.56 Å². The molecule has 0 aliphatic carbocycles. The zero-order valence-corrected chi connectivity index (χ0v) is 30.8. The van der Waals surface area contributed by atoms with Crippen LogP contribution in [0.15, 0.2) is 71.4 Å². The molecule has 0 amide bonds. The molecule has 0 spiro atoms. The van der Waals surface area contributed by atoms with Gasteiger partial charge in [-0.15, -0.1) is 0 Å². The van der Waals surface area contributed by atoms with Crippen LogP contribution in [0.1, 0.15) is 83.6 Å². The van der Waals surface area contributed by atoms with Crippen molar-refractivity contribution in [3.05, 3.63) is 88.7 Å². The highest BCUT2D eigenvalue weighted by atomic mass is 32.2. The van der Waals surface area contributed by atoms with Gasteiger partial charge >= 0.3 is 0 Å². The maximum Gasteiger partial charge on any atom is 0.265 e. The average molecular weight is 695 g/mol. The topological polar surface area (TPSA) is 127 Å². The molecule has 3 aliphatic heterocycles. The van der Waals surface area contributed by atoms with Gasteiger partial charge in [0.25, 0.3) is 20.2 Å². The Morgan fingerprint density at radius 3 is 2.15 bits per heavy atom. The van der Waals surface area contributed by atoms with Gasteiger partial charge in [-0.2, -0.15) is 21.4 Å². The minimum absolute atomic E-state index is 0.191. The number of para-hydroxylation sites is 1. The molecule has 11 heteroatoms. The predicted octanol–water partition coefficient (Wildman–Crippen LogP) is 7.10. The summed E-state index contributed by atoms with van der Waals surface area (Å²) in [5.41, 5.74) is 9.83. The molecule has 0 aromatic heterocycles. The van der Waals surface area contributed by atoms with Crippen molar-refractivity contribution in [3.63, 3.8) is 0 Å². The third-order valence-corrected chi connectivity index (χ3v) is 11.8. The third-order valence-electron chi connectivity index (χ3n) is 10.2. The van der Waals surface area contributed by atoms with Gasteiger partial charge in [-0.25, -0.2) is 0 Å². The van der Waals surface area contributed by atoms with Crippen LogP contribution in [-0.4, -0.2) is 66.5 Å². The fourth-order valence-electron chi connectivity index (χ4n) is 7.68. The van der Waals surface area contributed by atoms with Crippen LogP contribution in [-0.2, 0) is 36.5 Å². The second kappa shape index (κ2) is 12.5. The van der Waals surface area contributed by atoms with E-state index < -0.39 is 25.7 Å². The van der Waals surface area contributed by atoms with Gasteiger partial charge in [0, 0.05) is 64.2 Å². The number of allylic oxidation sites excluding steroid dienone is 6. The molecule has 9 nitrogen and oxygen atoms in total. The van der Waals surface area contributed by atoms with E-state index in [1.54, 1.807) is 0 Å². The standard InChI is InChI=1S/C37H47N3O6S2/c1-25-24-29-33(34-32(25)35(3,4)26(2)38-34)37(7,8)31(40(29)21-15-23-48(44,45)46)19-11-9-10-18-30-36(5,6)27-16-12-13-17-28(27)39(30)20-14-22-47(41,42)43/h9-13,16-19,24H,14-15,20-23H2,1-8H3,(H-,41,42,43,44,45,46)/p+1. The Hall–Kier alpha value is -3.38. The lowest BCUT2D eigenvalue weighted by Crippen LogP contribution is -2.28. The molecule has 2 N–H and O–H groups in total. The van der Waals surface area contributed by atoms with E-state index in [0.717, 1.165) is 50.9 Å². The SMILES string of the molecule is CC1=Nc2c(c(C)cc3c2C(C)(C)\C(=C/C=C/C=C/C2=[N+](CCCS(=O)(=O)O)c4ccccc4C2(C)C)N3CCCS(=O)(=O)O)C1(C)C. The lowest BCUT2D eigenvalue weighted by molar-refractivity contribution is -0.437. The zero-order valence-electron chi connectivity index (χ0n) is 29.2. The van der Waals surface area contributed by atoms with Crippen LogP contribution in [0.25, 0.3) is 0 Å². The van der Waals surface area contributed by atoms with Gasteiger partial charge in [-0.05, 0) is 57.4 Å². The van der Waals surface area contributed by atoms with E-state index in [-0.39, 0.29) is 35.2 Å². The molecular weight excluding hydrogens is 647 g/mol. The van der Waals surface area contributed by atoms with Crippen molar-refractivity contribution in [1.82, 2.24) is 0 Å². The van der Waals surface area contributed by atoms with Gasteiger partial charge in [0.1, 0.15) is 6.54 Å². The smallest absolute Gasteiger partial charge is 0.265 e. The first-order chi connectivity index (χ1) is 22.2. The molecule has 0 radical (unpaired) electrons. The number of fused-ring (bicyclic) bond motifs is 4. The quantitative estimate of drug-likeness (QED) is 0.146. The van der Waals surface area contributed by atoms with Gasteiger partial charge in [-0.1, -0.05) is 64.1 Å². The number of aryl methyl sites for hydroxylation is 1. The van der Waals surface area contributed by atoms with Crippen LogP contribution in [0, 0.1) is 6.92 Å². The van der Waals surface area contributed by atoms with E-state index in [1.807, 2.05) is 36.4 Å². The Morgan fingerprint density at radius 2 is 1.48 bits per heavy atom.